The zero-order valence-corrected chi connectivity index (χ0v) is 12.3. The number of alkyl halides is 3. The first kappa shape index (κ1) is 16.9. The van der Waals surface area contributed by atoms with Crippen molar-refractivity contribution in [3.8, 4) is 0 Å². The van der Waals surface area contributed by atoms with E-state index in [-0.39, 0.29) is 5.56 Å². The maximum absolute atomic E-state index is 13.4. The van der Waals surface area contributed by atoms with Gasteiger partial charge in [-0.05, 0) is 35.2 Å². The molecule has 0 amide bonds. The summed E-state index contributed by atoms with van der Waals surface area (Å²) in [7, 11) is 0. The van der Waals surface area contributed by atoms with Gasteiger partial charge in [0.2, 0.25) is 0 Å². The van der Waals surface area contributed by atoms with Crippen molar-refractivity contribution in [2.24, 2.45) is 10.2 Å². The van der Waals surface area contributed by atoms with Crippen molar-refractivity contribution in [3.05, 3.63) is 70.5 Å². The van der Waals surface area contributed by atoms with E-state index in [1.54, 1.807) is 0 Å². The van der Waals surface area contributed by atoms with Gasteiger partial charge in [0.15, 0.2) is 0 Å². The number of aryl methyl sites for hydroxylation is 1. The molecule has 0 aliphatic rings. The lowest BCUT2D eigenvalue weighted by Crippen LogP contribution is -2.08. The third kappa shape index (κ3) is 4.74. The molecule has 2 aromatic carbocycles. The Morgan fingerprint density at radius 3 is 2.00 bits per heavy atom. The van der Waals surface area contributed by atoms with Crippen molar-refractivity contribution < 1.29 is 17.6 Å². The van der Waals surface area contributed by atoms with E-state index in [1.165, 1.54) is 18.0 Å². The second-order valence-electron chi connectivity index (χ2n) is 4.82. The summed E-state index contributed by atoms with van der Waals surface area (Å²) in [6.45, 7) is 2.05. The van der Waals surface area contributed by atoms with Crippen molar-refractivity contribution in [3.63, 3.8) is 0 Å². The van der Waals surface area contributed by atoms with E-state index >= 15 is 0 Å². The third-order valence-electron chi connectivity index (χ3n) is 3.17. The van der Waals surface area contributed by atoms with Gasteiger partial charge in [-0.25, -0.2) is 4.39 Å². The predicted octanol–water partition coefficient (Wildman–Crippen LogP) is 4.86. The first-order chi connectivity index (χ1) is 10.9. The minimum absolute atomic E-state index is 0.203. The highest BCUT2D eigenvalue weighted by Gasteiger charge is 2.33. The van der Waals surface area contributed by atoms with Crippen LogP contribution in [0.4, 0.5) is 17.6 Å². The van der Waals surface area contributed by atoms with Crippen LogP contribution in [0.25, 0.3) is 0 Å². The third-order valence-corrected chi connectivity index (χ3v) is 3.17. The Morgan fingerprint density at radius 2 is 1.48 bits per heavy atom. The Bertz CT molecular complexity index is 716. The van der Waals surface area contributed by atoms with Crippen LogP contribution in [0.5, 0.6) is 0 Å². The monoisotopic (exact) mass is 322 g/mol. The maximum atomic E-state index is 13.4. The average Bonchev–Trinajstić information content (AvgIpc) is 2.51. The summed E-state index contributed by atoms with van der Waals surface area (Å²) in [5.41, 5.74) is 0.951. The molecule has 120 valence electrons. The molecule has 2 nitrogen and oxygen atoms in total. The highest BCUT2D eigenvalue weighted by atomic mass is 19.4. The number of benzene rings is 2. The molecule has 0 aliphatic heterocycles. The zero-order chi connectivity index (χ0) is 16.9. The molecule has 0 fully saturated rings. The lowest BCUT2D eigenvalue weighted by molar-refractivity contribution is -0.140. The second-order valence-corrected chi connectivity index (χ2v) is 4.82. The zero-order valence-electron chi connectivity index (χ0n) is 12.3. The van der Waals surface area contributed by atoms with Crippen LogP contribution in [0.1, 0.15) is 29.2 Å². The molecule has 2 aromatic rings. The standard InChI is InChI=1S/C17H14F4N2/c1-2-12-3-5-13(6-4-12)10-22-23-11-14-7-8-15(16(18)9-14)17(19,20)21/h3-11H,2H2,1H3/b22-10+,23-11+. The van der Waals surface area contributed by atoms with E-state index in [9.17, 15) is 17.6 Å². The number of hydrogen-bond donors (Lipinski definition) is 0. The Morgan fingerprint density at radius 1 is 0.913 bits per heavy atom. The highest BCUT2D eigenvalue weighted by Crippen LogP contribution is 2.31. The van der Waals surface area contributed by atoms with Gasteiger partial charge in [0.25, 0.3) is 0 Å². The van der Waals surface area contributed by atoms with Gasteiger partial charge in [-0.3, -0.25) is 0 Å². The fraction of sp³-hybridized carbons (Fsp3) is 0.176. The number of hydrogen-bond acceptors (Lipinski definition) is 2. The average molecular weight is 322 g/mol. The van der Waals surface area contributed by atoms with Gasteiger partial charge in [-0.2, -0.15) is 23.4 Å². The lowest BCUT2D eigenvalue weighted by atomic mass is 10.1. The summed E-state index contributed by atoms with van der Waals surface area (Å²) in [6, 6.07) is 10.3. The van der Waals surface area contributed by atoms with Crippen LogP contribution in [-0.2, 0) is 12.6 Å². The SMILES string of the molecule is CCc1ccc(/C=N/N=C/c2ccc(C(F)(F)F)c(F)c2)cc1. The van der Waals surface area contributed by atoms with Crippen LogP contribution in [0, 0.1) is 5.82 Å². The molecule has 0 N–H and O–H groups in total. The summed E-state index contributed by atoms with van der Waals surface area (Å²) in [5.74, 6) is -1.33. The van der Waals surface area contributed by atoms with E-state index in [1.807, 2.05) is 24.3 Å². The molecular weight excluding hydrogens is 308 g/mol. The molecule has 0 unspecified atom stereocenters. The van der Waals surface area contributed by atoms with Gasteiger partial charge < -0.3 is 0 Å². The molecule has 0 spiro atoms. The molecule has 2 rings (SSSR count). The van der Waals surface area contributed by atoms with Crippen molar-refractivity contribution in [1.29, 1.82) is 0 Å². The minimum atomic E-state index is -4.71. The van der Waals surface area contributed by atoms with Gasteiger partial charge in [-0.15, -0.1) is 0 Å². The molecule has 0 atom stereocenters. The molecule has 0 aromatic heterocycles. The van der Waals surface area contributed by atoms with Crippen LogP contribution in [0.3, 0.4) is 0 Å². The topological polar surface area (TPSA) is 24.7 Å². The molecule has 0 saturated heterocycles. The van der Waals surface area contributed by atoms with E-state index in [2.05, 4.69) is 17.1 Å². The summed E-state index contributed by atoms with van der Waals surface area (Å²) in [4.78, 5) is 0. The maximum Gasteiger partial charge on any atom is 0.419 e. The molecule has 0 heterocycles. The van der Waals surface area contributed by atoms with Gasteiger partial charge in [-0.1, -0.05) is 37.3 Å². The Hall–Kier alpha value is -2.50. The van der Waals surface area contributed by atoms with Crippen LogP contribution >= 0.6 is 0 Å². The highest BCUT2D eigenvalue weighted by molar-refractivity contribution is 5.82. The predicted molar refractivity (Wildman–Crippen MR) is 82.4 cm³/mol. The molecule has 6 heteroatoms. The van der Waals surface area contributed by atoms with Gasteiger partial charge in [0, 0.05) is 0 Å². The van der Waals surface area contributed by atoms with Gasteiger partial charge >= 0.3 is 6.18 Å². The van der Waals surface area contributed by atoms with Crippen molar-refractivity contribution in [2.45, 2.75) is 19.5 Å². The Kier molecular flexibility index (Phi) is 5.26. The fourth-order valence-electron chi connectivity index (χ4n) is 1.88. The Labute approximate surface area is 131 Å². The van der Waals surface area contributed by atoms with Gasteiger partial charge in [0.1, 0.15) is 5.82 Å². The molecule has 23 heavy (non-hydrogen) atoms. The van der Waals surface area contributed by atoms with Crippen molar-refractivity contribution in [1.82, 2.24) is 0 Å². The molecule has 0 aliphatic carbocycles. The van der Waals surface area contributed by atoms with E-state index < -0.39 is 17.6 Å². The first-order valence-electron chi connectivity index (χ1n) is 6.92. The second kappa shape index (κ2) is 7.17. The van der Waals surface area contributed by atoms with Crippen LogP contribution in [-0.4, -0.2) is 12.4 Å². The first-order valence-corrected chi connectivity index (χ1v) is 6.92. The van der Waals surface area contributed by atoms with Crippen molar-refractivity contribution in [2.75, 3.05) is 0 Å². The van der Waals surface area contributed by atoms with E-state index in [0.29, 0.717) is 6.07 Å². The summed E-state index contributed by atoms with van der Waals surface area (Å²) in [6.07, 6.45) is -1.06. The number of rotatable bonds is 4. The molecule has 0 saturated carbocycles. The van der Waals surface area contributed by atoms with Crippen molar-refractivity contribution >= 4 is 12.4 Å². The molecular formula is C17H14F4N2. The lowest BCUT2D eigenvalue weighted by Gasteiger charge is -2.07. The summed E-state index contributed by atoms with van der Waals surface area (Å²) in [5, 5.41) is 7.50. The smallest absolute Gasteiger partial charge is 0.206 e. The van der Waals surface area contributed by atoms with E-state index in [4.69, 9.17) is 0 Å². The number of nitrogens with zero attached hydrogens (tertiary/aromatic N) is 2. The van der Waals surface area contributed by atoms with E-state index in [0.717, 1.165) is 24.1 Å². The van der Waals surface area contributed by atoms with Crippen LogP contribution in [0.15, 0.2) is 52.7 Å². The summed E-state index contributed by atoms with van der Waals surface area (Å²) >= 11 is 0. The molecule has 0 radical (unpaired) electrons. The van der Waals surface area contributed by atoms with Gasteiger partial charge in [0.05, 0.1) is 18.0 Å². The van der Waals surface area contributed by atoms with Crippen LogP contribution in [0.2, 0.25) is 0 Å². The fourth-order valence-corrected chi connectivity index (χ4v) is 1.88. The minimum Gasteiger partial charge on any atom is -0.206 e. The quantitative estimate of drug-likeness (QED) is 0.436. The number of halogens is 4. The summed E-state index contributed by atoms with van der Waals surface area (Å²) < 4.78 is 50.7. The normalized spacial score (nSPS) is 12.4. The van der Waals surface area contributed by atoms with Crippen LogP contribution < -0.4 is 0 Å². The Balaban J connectivity index is 2.05. The largest absolute Gasteiger partial charge is 0.419 e. The molecule has 0 bridgehead atoms.